The van der Waals surface area contributed by atoms with Gasteiger partial charge in [-0.1, -0.05) is 0 Å². The van der Waals surface area contributed by atoms with E-state index in [1.807, 2.05) is 13.8 Å². The first-order chi connectivity index (χ1) is 7.31. The Morgan fingerprint density at radius 2 is 2.00 bits per heavy atom. The van der Waals surface area contributed by atoms with Gasteiger partial charge in [0.05, 0.1) is 13.2 Å². The van der Waals surface area contributed by atoms with Gasteiger partial charge >= 0.3 is 12.1 Å². The van der Waals surface area contributed by atoms with E-state index in [-0.39, 0.29) is 18.3 Å². The van der Waals surface area contributed by atoms with Crippen molar-refractivity contribution in [1.82, 2.24) is 9.13 Å². The highest BCUT2D eigenvalue weighted by Crippen LogP contribution is 2.15. The van der Waals surface area contributed by atoms with Crippen LogP contribution in [-0.2, 0) is 11.3 Å². The van der Waals surface area contributed by atoms with E-state index >= 15 is 0 Å². The Balaban J connectivity index is 2.59. The molecule has 92 valence electrons. The highest BCUT2D eigenvalue weighted by Gasteiger charge is 2.28. The summed E-state index contributed by atoms with van der Waals surface area (Å²) in [5.74, 6) is 0. The Labute approximate surface area is 90.2 Å². The first kappa shape index (κ1) is 12.8. The smallest absolute Gasteiger partial charge is 0.297 e. The van der Waals surface area contributed by atoms with Crippen LogP contribution in [-0.4, -0.2) is 22.1 Å². The molecule has 0 saturated carbocycles. The van der Waals surface area contributed by atoms with Gasteiger partial charge in [0.1, 0.15) is 0 Å². The van der Waals surface area contributed by atoms with Crippen LogP contribution < -0.4 is 5.69 Å². The fraction of sp³-hybridized carbons (Fsp3) is 0.667. The summed E-state index contributed by atoms with van der Waals surface area (Å²) in [5.41, 5.74) is -0.333. The van der Waals surface area contributed by atoms with Gasteiger partial charge < -0.3 is 0 Å². The number of rotatable bonds is 4. The van der Waals surface area contributed by atoms with Gasteiger partial charge in [-0.25, -0.2) is 4.79 Å². The molecule has 0 spiro atoms. The van der Waals surface area contributed by atoms with E-state index in [0.717, 1.165) is 0 Å². The van der Waals surface area contributed by atoms with Gasteiger partial charge in [0.25, 0.3) is 0 Å². The zero-order valence-electron chi connectivity index (χ0n) is 8.99. The molecule has 0 bridgehead atoms. The Morgan fingerprint density at radius 1 is 1.38 bits per heavy atom. The zero-order chi connectivity index (χ0) is 12.3. The SMILES string of the molecule is CC(C)n1ccn(CCOC(F)(F)F)c1=O. The van der Waals surface area contributed by atoms with E-state index in [9.17, 15) is 18.0 Å². The first-order valence-corrected chi connectivity index (χ1v) is 4.79. The normalized spacial score (nSPS) is 12.4. The Hall–Kier alpha value is -1.24. The second-order valence-electron chi connectivity index (χ2n) is 3.57. The average Bonchev–Trinajstić information content (AvgIpc) is 2.46. The van der Waals surface area contributed by atoms with Crippen LogP contribution in [0.2, 0.25) is 0 Å². The van der Waals surface area contributed by atoms with Crippen molar-refractivity contribution in [2.45, 2.75) is 32.8 Å². The van der Waals surface area contributed by atoms with Gasteiger partial charge in [0.2, 0.25) is 0 Å². The van der Waals surface area contributed by atoms with Crippen molar-refractivity contribution in [2.75, 3.05) is 6.61 Å². The van der Waals surface area contributed by atoms with E-state index in [4.69, 9.17) is 0 Å². The summed E-state index contributed by atoms with van der Waals surface area (Å²) < 4.78 is 41.2. The van der Waals surface area contributed by atoms with Gasteiger partial charge in [0, 0.05) is 18.4 Å². The van der Waals surface area contributed by atoms with Crippen molar-refractivity contribution in [3.8, 4) is 0 Å². The lowest BCUT2D eigenvalue weighted by molar-refractivity contribution is -0.325. The number of hydrogen-bond donors (Lipinski definition) is 0. The van der Waals surface area contributed by atoms with E-state index in [2.05, 4.69) is 4.74 Å². The molecule has 0 radical (unpaired) electrons. The largest absolute Gasteiger partial charge is 0.522 e. The summed E-state index contributed by atoms with van der Waals surface area (Å²) in [5, 5.41) is 0. The summed E-state index contributed by atoms with van der Waals surface area (Å²) in [7, 11) is 0. The van der Waals surface area contributed by atoms with Crippen LogP contribution in [0, 0.1) is 0 Å². The topological polar surface area (TPSA) is 36.2 Å². The molecule has 0 fully saturated rings. The lowest BCUT2D eigenvalue weighted by Gasteiger charge is -2.07. The van der Waals surface area contributed by atoms with E-state index in [1.54, 1.807) is 6.20 Å². The third-order valence-electron chi connectivity index (χ3n) is 2.03. The monoisotopic (exact) mass is 238 g/mol. The minimum Gasteiger partial charge on any atom is -0.297 e. The maximum Gasteiger partial charge on any atom is 0.522 e. The summed E-state index contributed by atoms with van der Waals surface area (Å²) in [6, 6.07) is -0.0164. The summed E-state index contributed by atoms with van der Waals surface area (Å²) in [4.78, 5) is 11.6. The molecule has 0 aromatic carbocycles. The van der Waals surface area contributed by atoms with Crippen molar-refractivity contribution in [3.05, 3.63) is 22.9 Å². The van der Waals surface area contributed by atoms with Crippen molar-refractivity contribution < 1.29 is 17.9 Å². The van der Waals surface area contributed by atoms with Crippen molar-refractivity contribution in [3.63, 3.8) is 0 Å². The maximum absolute atomic E-state index is 11.7. The first-order valence-electron chi connectivity index (χ1n) is 4.79. The zero-order valence-corrected chi connectivity index (χ0v) is 8.99. The number of nitrogens with zero attached hydrogens (tertiary/aromatic N) is 2. The second kappa shape index (κ2) is 4.73. The molecule has 0 aliphatic rings. The Morgan fingerprint density at radius 3 is 2.44 bits per heavy atom. The molecule has 7 heteroatoms. The maximum atomic E-state index is 11.7. The molecule has 0 unspecified atom stereocenters. The molecule has 0 N–H and O–H groups in total. The third kappa shape index (κ3) is 3.41. The van der Waals surface area contributed by atoms with Crippen LogP contribution in [0.1, 0.15) is 19.9 Å². The molecule has 0 atom stereocenters. The third-order valence-corrected chi connectivity index (χ3v) is 2.03. The quantitative estimate of drug-likeness (QED) is 0.801. The molecule has 1 aromatic rings. The minimum atomic E-state index is -4.65. The van der Waals surface area contributed by atoms with Crippen LogP contribution in [0.15, 0.2) is 17.2 Å². The average molecular weight is 238 g/mol. The molecule has 4 nitrogen and oxygen atoms in total. The van der Waals surface area contributed by atoms with Crippen LogP contribution >= 0.6 is 0 Å². The molecular weight excluding hydrogens is 225 g/mol. The van der Waals surface area contributed by atoms with Gasteiger partial charge in [-0.3, -0.25) is 13.9 Å². The van der Waals surface area contributed by atoms with Crippen LogP contribution in [0.4, 0.5) is 13.2 Å². The molecule has 1 heterocycles. The molecule has 1 aromatic heterocycles. The minimum absolute atomic E-state index is 0.0164. The molecule has 1 rings (SSSR count). The van der Waals surface area contributed by atoms with Crippen molar-refractivity contribution >= 4 is 0 Å². The van der Waals surface area contributed by atoms with Crippen LogP contribution in [0.5, 0.6) is 0 Å². The predicted molar refractivity (Wildman–Crippen MR) is 51.1 cm³/mol. The number of aromatic nitrogens is 2. The predicted octanol–water partition coefficient (Wildman–Crippen LogP) is 1.77. The van der Waals surface area contributed by atoms with Gasteiger partial charge in [-0.15, -0.1) is 13.2 Å². The molecule has 0 aliphatic carbocycles. The number of halogens is 3. The number of alkyl halides is 3. The standard InChI is InChI=1S/C9H13F3N2O2/c1-7(2)14-4-3-13(8(14)15)5-6-16-9(10,11)12/h3-4,7H,5-6H2,1-2H3. The lowest BCUT2D eigenvalue weighted by Crippen LogP contribution is -2.27. The van der Waals surface area contributed by atoms with Gasteiger partial charge in [0.15, 0.2) is 0 Å². The highest BCUT2D eigenvalue weighted by atomic mass is 19.4. The Bertz CT molecular complexity index is 392. The highest BCUT2D eigenvalue weighted by molar-refractivity contribution is 4.83. The van der Waals surface area contributed by atoms with E-state index in [0.29, 0.717) is 0 Å². The Kier molecular flexibility index (Phi) is 3.79. The lowest BCUT2D eigenvalue weighted by atomic mass is 10.4. The fourth-order valence-corrected chi connectivity index (χ4v) is 1.25. The number of imidazole rings is 1. The van der Waals surface area contributed by atoms with E-state index < -0.39 is 13.0 Å². The van der Waals surface area contributed by atoms with Gasteiger partial charge in [-0.05, 0) is 13.8 Å². The summed E-state index contributed by atoms with van der Waals surface area (Å²) >= 11 is 0. The molecule has 0 amide bonds. The molecule has 16 heavy (non-hydrogen) atoms. The number of hydrogen-bond acceptors (Lipinski definition) is 2. The number of ether oxygens (including phenoxy) is 1. The van der Waals surface area contributed by atoms with Gasteiger partial charge in [-0.2, -0.15) is 0 Å². The summed E-state index contributed by atoms with van der Waals surface area (Å²) in [6.45, 7) is 2.96. The molecule has 0 aliphatic heterocycles. The summed E-state index contributed by atoms with van der Waals surface area (Å²) in [6.07, 6.45) is -1.66. The second-order valence-corrected chi connectivity index (χ2v) is 3.57. The van der Waals surface area contributed by atoms with Crippen molar-refractivity contribution in [2.24, 2.45) is 0 Å². The molecular formula is C9H13F3N2O2. The van der Waals surface area contributed by atoms with Crippen LogP contribution in [0.25, 0.3) is 0 Å². The molecule has 0 saturated heterocycles. The van der Waals surface area contributed by atoms with E-state index in [1.165, 1.54) is 15.3 Å². The van der Waals surface area contributed by atoms with Crippen LogP contribution in [0.3, 0.4) is 0 Å². The fourth-order valence-electron chi connectivity index (χ4n) is 1.25. The van der Waals surface area contributed by atoms with Crippen molar-refractivity contribution in [1.29, 1.82) is 0 Å².